The van der Waals surface area contributed by atoms with Crippen LogP contribution >= 0.6 is 15.9 Å². The van der Waals surface area contributed by atoms with E-state index in [1.165, 1.54) is 6.07 Å². The molecule has 2 N–H and O–H groups in total. The van der Waals surface area contributed by atoms with E-state index in [9.17, 15) is 10.2 Å². The normalized spacial score (nSPS) is 11.4. The minimum Gasteiger partial charge on any atom is -0.504 e. The second-order valence-corrected chi connectivity index (χ2v) is 6.92. The number of likely N-dealkylation sites (N-methyl/N-ethyl adjacent to an activating group) is 1. The molecule has 7 nitrogen and oxygen atoms in total. The Hall–Kier alpha value is -2.35. The van der Waals surface area contributed by atoms with E-state index in [-0.39, 0.29) is 17.5 Å². The van der Waals surface area contributed by atoms with Crippen molar-refractivity contribution in [2.24, 2.45) is 0 Å². The van der Waals surface area contributed by atoms with Crippen LogP contribution in [0.25, 0.3) is 11.2 Å². The van der Waals surface area contributed by atoms with Crippen molar-refractivity contribution in [3.63, 3.8) is 0 Å². The summed E-state index contributed by atoms with van der Waals surface area (Å²) < 4.78 is 2.75. The van der Waals surface area contributed by atoms with Crippen molar-refractivity contribution in [2.75, 3.05) is 18.5 Å². The number of phenols is 2. The van der Waals surface area contributed by atoms with E-state index in [1.807, 2.05) is 16.5 Å². The molecular formula is C17H20BrN5O2. The van der Waals surface area contributed by atoms with Gasteiger partial charge in [-0.15, -0.1) is 0 Å². The predicted molar refractivity (Wildman–Crippen MR) is 100 cm³/mol. The van der Waals surface area contributed by atoms with Gasteiger partial charge in [0.05, 0.1) is 0 Å². The third-order valence-electron chi connectivity index (χ3n) is 4.07. The van der Waals surface area contributed by atoms with Crippen molar-refractivity contribution in [3.8, 4) is 11.5 Å². The van der Waals surface area contributed by atoms with E-state index in [4.69, 9.17) is 0 Å². The predicted octanol–water partition coefficient (Wildman–Crippen LogP) is 3.26. The zero-order chi connectivity index (χ0) is 18.1. The molecule has 0 aliphatic rings. The highest BCUT2D eigenvalue weighted by atomic mass is 79.9. The number of phenolic OH excluding ortho intramolecular Hbond substituents is 2. The van der Waals surface area contributed by atoms with E-state index in [2.05, 4.69) is 44.7 Å². The van der Waals surface area contributed by atoms with Gasteiger partial charge in [0, 0.05) is 19.6 Å². The maximum Gasteiger partial charge on any atom is 0.179 e. The molecule has 0 aliphatic carbocycles. The van der Waals surface area contributed by atoms with Crippen molar-refractivity contribution in [2.45, 2.75) is 26.3 Å². The van der Waals surface area contributed by atoms with Gasteiger partial charge < -0.3 is 19.7 Å². The van der Waals surface area contributed by atoms with E-state index in [0.29, 0.717) is 13.0 Å². The monoisotopic (exact) mass is 405 g/mol. The number of rotatable bonds is 5. The van der Waals surface area contributed by atoms with Gasteiger partial charge in [-0.25, -0.2) is 15.0 Å². The molecule has 3 rings (SSSR count). The number of hydrogen-bond acceptors (Lipinski definition) is 6. The fourth-order valence-corrected chi connectivity index (χ4v) is 3.49. The molecule has 8 heteroatoms. The molecule has 0 aliphatic heterocycles. The molecule has 0 spiro atoms. The standard InChI is InChI=1S/C17H20BrN5O2/c1-10(2)23-16-14(21-17(23)18)15(19-9-20-16)22(3)7-6-11-4-5-12(24)13(25)8-11/h4-5,8-10,24-25H,6-7H2,1-3H3. The van der Waals surface area contributed by atoms with Crippen molar-refractivity contribution in [1.82, 2.24) is 19.5 Å². The molecule has 0 atom stereocenters. The summed E-state index contributed by atoms with van der Waals surface area (Å²) in [4.78, 5) is 15.4. The number of fused-ring (bicyclic) bond motifs is 1. The molecular weight excluding hydrogens is 386 g/mol. The van der Waals surface area contributed by atoms with Gasteiger partial charge in [0.1, 0.15) is 6.33 Å². The number of aromatic hydroxyl groups is 2. The summed E-state index contributed by atoms with van der Waals surface area (Å²) in [6, 6.07) is 5.09. The summed E-state index contributed by atoms with van der Waals surface area (Å²) in [5.41, 5.74) is 2.47. The number of nitrogens with zero attached hydrogens (tertiary/aromatic N) is 5. The number of benzene rings is 1. The lowest BCUT2D eigenvalue weighted by Gasteiger charge is -2.18. The molecule has 0 amide bonds. The molecule has 25 heavy (non-hydrogen) atoms. The smallest absolute Gasteiger partial charge is 0.179 e. The molecule has 1 aromatic carbocycles. The number of hydrogen-bond donors (Lipinski definition) is 2. The fourth-order valence-electron chi connectivity index (χ4n) is 2.73. The first kappa shape index (κ1) is 17.5. The van der Waals surface area contributed by atoms with E-state index in [1.54, 1.807) is 18.5 Å². The summed E-state index contributed by atoms with van der Waals surface area (Å²) in [5.74, 6) is 0.538. The number of imidazole rings is 1. The quantitative estimate of drug-likeness (QED) is 0.500. The van der Waals surface area contributed by atoms with Crippen LogP contribution in [0, 0.1) is 0 Å². The van der Waals surface area contributed by atoms with Crippen LogP contribution in [-0.2, 0) is 6.42 Å². The minimum atomic E-state index is -0.112. The van der Waals surface area contributed by atoms with Crippen LogP contribution in [0.15, 0.2) is 29.3 Å². The summed E-state index contributed by atoms with van der Waals surface area (Å²) in [6.07, 6.45) is 2.25. The van der Waals surface area contributed by atoms with Crippen molar-refractivity contribution in [1.29, 1.82) is 0 Å². The van der Waals surface area contributed by atoms with E-state index in [0.717, 1.165) is 27.3 Å². The summed E-state index contributed by atoms with van der Waals surface area (Å²) >= 11 is 3.50. The van der Waals surface area contributed by atoms with E-state index >= 15 is 0 Å². The largest absolute Gasteiger partial charge is 0.504 e. The van der Waals surface area contributed by atoms with Gasteiger partial charge in [-0.1, -0.05) is 6.07 Å². The molecule has 2 heterocycles. The molecule has 0 saturated heterocycles. The van der Waals surface area contributed by atoms with Crippen LogP contribution in [0.4, 0.5) is 5.82 Å². The minimum absolute atomic E-state index is 0.107. The topological polar surface area (TPSA) is 87.3 Å². The lowest BCUT2D eigenvalue weighted by molar-refractivity contribution is 0.403. The van der Waals surface area contributed by atoms with Crippen molar-refractivity contribution in [3.05, 3.63) is 34.8 Å². The lowest BCUT2D eigenvalue weighted by Crippen LogP contribution is -2.22. The Labute approximate surface area is 154 Å². The third kappa shape index (κ3) is 3.39. The van der Waals surface area contributed by atoms with Gasteiger partial charge in [0.2, 0.25) is 0 Å². The van der Waals surface area contributed by atoms with Crippen LogP contribution in [0.1, 0.15) is 25.5 Å². The van der Waals surface area contributed by atoms with Gasteiger partial charge >= 0.3 is 0 Å². The summed E-state index contributed by atoms with van der Waals surface area (Å²) in [6.45, 7) is 4.84. The number of aromatic nitrogens is 4. The highest BCUT2D eigenvalue weighted by Gasteiger charge is 2.18. The third-order valence-corrected chi connectivity index (χ3v) is 4.63. The Kier molecular flexibility index (Phi) is 4.80. The van der Waals surface area contributed by atoms with Gasteiger partial charge in [-0.2, -0.15) is 0 Å². The molecule has 132 valence electrons. The average Bonchev–Trinajstić information content (AvgIpc) is 2.91. The Morgan fingerprint density at radius 1 is 1.20 bits per heavy atom. The molecule has 0 bridgehead atoms. The Morgan fingerprint density at radius 3 is 2.64 bits per heavy atom. The molecule has 0 fully saturated rings. The van der Waals surface area contributed by atoms with Gasteiger partial charge in [-0.05, 0) is 53.9 Å². The lowest BCUT2D eigenvalue weighted by atomic mass is 10.1. The fraction of sp³-hybridized carbons (Fsp3) is 0.353. The van der Waals surface area contributed by atoms with Crippen molar-refractivity contribution >= 4 is 32.9 Å². The van der Waals surface area contributed by atoms with Crippen LogP contribution in [0.3, 0.4) is 0 Å². The number of anilines is 1. The van der Waals surface area contributed by atoms with Gasteiger partial charge in [0.15, 0.2) is 33.2 Å². The van der Waals surface area contributed by atoms with Crippen LogP contribution in [-0.4, -0.2) is 43.3 Å². The molecule has 2 aromatic heterocycles. The molecule has 0 unspecified atom stereocenters. The first-order chi connectivity index (χ1) is 11.9. The summed E-state index contributed by atoms with van der Waals surface area (Å²) in [5, 5.41) is 19.0. The SMILES string of the molecule is CC(C)n1c(Br)nc2c(N(C)CCc3ccc(O)c(O)c3)ncnc21. The number of halogens is 1. The first-order valence-corrected chi connectivity index (χ1v) is 8.78. The maximum absolute atomic E-state index is 9.61. The Balaban J connectivity index is 1.85. The first-order valence-electron chi connectivity index (χ1n) is 7.99. The van der Waals surface area contributed by atoms with Crippen LogP contribution < -0.4 is 4.90 Å². The second-order valence-electron chi connectivity index (χ2n) is 6.21. The van der Waals surface area contributed by atoms with Gasteiger partial charge in [0.25, 0.3) is 0 Å². The molecule has 0 radical (unpaired) electrons. The molecule has 3 aromatic rings. The van der Waals surface area contributed by atoms with Crippen LogP contribution in [0.2, 0.25) is 0 Å². The van der Waals surface area contributed by atoms with Gasteiger partial charge in [-0.3, -0.25) is 0 Å². The van der Waals surface area contributed by atoms with E-state index < -0.39 is 0 Å². The highest BCUT2D eigenvalue weighted by Crippen LogP contribution is 2.28. The second kappa shape index (κ2) is 6.87. The average molecular weight is 406 g/mol. The Bertz CT molecular complexity index is 909. The van der Waals surface area contributed by atoms with Crippen molar-refractivity contribution < 1.29 is 10.2 Å². The molecule has 0 saturated carbocycles. The highest BCUT2D eigenvalue weighted by molar-refractivity contribution is 9.10. The zero-order valence-electron chi connectivity index (χ0n) is 14.3. The Morgan fingerprint density at radius 2 is 1.96 bits per heavy atom. The summed E-state index contributed by atoms with van der Waals surface area (Å²) in [7, 11) is 1.95. The zero-order valence-corrected chi connectivity index (χ0v) is 15.9. The van der Waals surface area contributed by atoms with Crippen LogP contribution in [0.5, 0.6) is 11.5 Å². The maximum atomic E-state index is 9.61.